The van der Waals surface area contributed by atoms with Gasteiger partial charge in [0.25, 0.3) is 5.56 Å². The van der Waals surface area contributed by atoms with Gasteiger partial charge in [-0.15, -0.1) is 0 Å². The van der Waals surface area contributed by atoms with Crippen LogP contribution in [0.5, 0.6) is 11.5 Å². The van der Waals surface area contributed by atoms with E-state index < -0.39 is 11.5 Å². The molecule has 2 N–H and O–H groups in total. The summed E-state index contributed by atoms with van der Waals surface area (Å²) >= 11 is 17.9. The molecule has 0 aliphatic heterocycles. The maximum absolute atomic E-state index is 12.0. The number of hydrogen-bond donors (Lipinski definition) is 1. The second-order valence-electron chi connectivity index (χ2n) is 4.28. The van der Waals surface area contributed by atoms with Crippen molar-refractivity contribution in [1.29, 1.82) is 0 Å². The van der Waals surface area contributed by atoms with Gasteiger partial charge in [-0.25, -0.2) is 4.68 Å². The van der Waals surface area contributed by atoms with E-state index in [2.05, 4.69) is 9.84 Å². The average molecular weight is 379 g/mol. The van der Waals surface area contributed by atoms with Gasteiger partial charge in [0.1, 0.15) is 6.54 Å². The van der Waals surface area contributed by atoms with E-state index in [9.17, 15) is 9.59 Å². The van der Waals surface area contributed by atoms with Gasteiger partial charge >= 0.3 is 5.97 Å². The fourth-order valence-corrected chi connectivity index (χ4v) is 2.37. The molecule has 2 rings (SSSR count). The Kier molecular flexibility index (Phi) is 5.35. The molecule has 0 fully saturated rings. The number of benzene rings is 1. The highest BCUT2D eigenvalue weighted by Gasteiger charge is 2.16. The minimum atomic E-state index is -0.725. The fraction of sp³-hybridized carbons (Fsp3) is 0.154. The van der Waals surface area contributed by atoms with Crippen LogP contribution < -0.4 is 16.0 Å². The lowest BCUT2D eigenvalue weighted by molar-refractivity contribution is -0.141. The van der Waals surface area contributed by atoms with Gasteiger partial charge in [0.15, 0.2) is 16.5 Å². The zero-order valence-corrected chi connectivity index (χ0v) is 13.9. The van der Waals surface area contributed by atoms with Crippen LogP contribution in [0.15, 0.2) is 23.1 Å². The number of nitrogens with zero attached hydrogens (tertiary/aromatic N) is 2. The van der Waals surface area contributed by atoms with Gasteiger partial charge in [0, 0.05) is 5.69 Å². The van der Waals surface area contributed by atoms with Crippen molar-refractivity contribution in [3.05, 3.63) is 43.8 Å². The van der Waals surface area contributed by atoms with Crippen LogP contribution in [0.4, 0.5) is 5.69 Å². The lowest BCUT2D eigenvalue weighted by atomic mass is 10.3. The third-order valence-corrected chi connectivity index (χ3v) is 3.60. The van der Waals surface area contributed by atoms with Gasteiger partial charge in [-0.2, -0.15) is 5.10 Å². The van der Waals surface area contributed by atoms with Crippen molar-refractivity contribution in [1.82, 2.24) is 9.78 Å². The molecule has 122 valence electrons. The highest BCUT2D eigenvalue weighted by Crippen LogP contribution is 2.39. The van der Waals surface area contributed by atoms with Gasteiger partial charge in [-0.1, -0.05) is 34.8 Å². The number of ether oxygens (including phenoxy) is 2. The molecule has 10 heteroatoms. The van der Waals surface area contributed by atoms with Crippen molar-refractivity contribution in [3.8, 4) is 11.5 Å². The third-order valence-electron chi connectivity index (χ3n) is 2.69. The summed E-state index contributed by atoms with van der Waals surface area (Å²) in [6, 6.07) is 2.87. The molecule has 0 bridgehead atoms. The Labute approximate surface area is 145 Å². The van der Waals surface area contributed by atoms with E-state index in [0.29, 0.717) is 5.69 Å². The molecule has 1 aromatic carbocycles. The molecule has 0 atom stereocenters. The zero-order chi connectivity index (χ0) is 17.1. The standard InChI is InChI=1S/C13H10Cl3N3O4/c1-22-10(20)5-19-13(21)11(16)9(4-18-19)23-12-7(14)2-6(17)3-8(12)15/h2-4H,5,17H2,1H3. The van der Waals surface area contributed by atoms with Crippen LogP contribution in [0, 0.1) is 0 Å². The molecule has 1 aromatic heterocycles. The maximum Gasteiger partial charge on any atom is 0.327 e. The topological polar surface area (TPSA) is 96.4 Å². The number of rotatable bonds is 4. The van der Waals surface area contributed by atoms with E-state index in [1.807, 2.05) is 0 Å². The van der Waals surface area contributed by atoms with E-state index in [-0.39, 0.29) is 33.1 Å². The number of carbonyl (C=O) groups excluding carboxylic acids is 1. The van der Waals surface area contributed by atoms with Crippen LogP contribution in [-0.2, 0) is 16.1 Å². The largest absolute Gasteiger partial charge is 0.468 e. The second-order valence-corrected chi connectivity index (χ2v) is 5.47. The molecule has 0 radical (unpaired) electrons. The summed E-state index contributed by atoms with van der Waals surface area (Å²) in [4.78, 5) is 23.2. The first-order valence-corrected chi connectivity index (χ1v) is 7.21. The maximum atomic E-state index is 12.0. The second kappa shape index (κ2) is 7.08. The van der Waals surface area contributed by atoms with E-state index in [0.717, 1.165) is 10.9 Å². The average Bonchev–Trinajstić information content (AvgIpc) is 2.49. The summed E-state index contributed by atoms with van der Waals surface area (Å²) in [6.07, 6.45) is 1.16. The van der Waals surface area contributed by atoms with Gasteiger partial charge in [0.2, 0.25) is 0 Å². The number of hydrogen-bond acceptors (Lipinski definition) is 6. The lowest BCUT2D eigenvalue weighted by Crippen LogP contribution is -2.27. The molecule has 0 aliphatic carbocycles. The van der Waals surface area contributed by atoms with E-state index >= 15 is 0 Å². The molecular formula is C13H10Cl3N3O4. The molecule has 0 saturated heterocycles. The molecule has 2 aromatic rings. The number of nitrogen functional groups attached to an aromatic ring is 1. The van der Waals surface area contributed by atoms with Crippen molar-refractivity contribution in [2.45, 2.75) is 6.54 Å². The van der Waals surface area contributed by atoms with Gasteiger partial charge in [-0.05, 0) is 12.1 Å². The fourth-order valence-electron chi connectivity index (χ4n) is 1.61. The molecule has 0 saturated carbocycles. The van der Waals surface area contributed by atoms with Crippen LogP contribution in [0.1, 0.15) is 0 Å². The van der Waals surface area contributed by atoms with E-state index in [1.165, 1.54) is 19.2 Å². The summed E-state index contributed by atoms with van der Waals surface area (Å²) in [5, 5.41) is 3.79. The Morgan fingerprint density at radius 2 is 1.91 bits per heavy atom. The van der Waals surface area contributed by atoms with E-state index in [4.69, 9.17) is 45.3 Å². The van der Waals surface area contributed by atoms with Crippen molar-refractivity contribution >= 4 is 46.5 Å². The Morgan fingerprint density at radius 1 is 1.30 bits per heavy atom. The van der Waals surface area contributed by atoms with Crippen LogP contribution in [0.2, 0.25) is 15.1 Å². The smallest absolute Gasteiger partial charge is 0.327 e. The molecule has 0 spiro atoms. The van der Waals surface area contributed by atoms with Gasteiger partial charge in [-0.3, -0.25) is 9.59 Å². The van der Waals surface area contributed by atoms with Gasteiger partial charge in [0.05, 0.1) is 23.4 Å². The Morgan fingerprint density at radius 3 is 2.48 bits per heavy atom. The lowest BCUT2D eigenvalue weighted by Gasteiger charge is -2.12. The SMILES string of the molecule is COC(=O)Cn1ncc(Oc2c(Cl)cc(N)cc2Cl)c(Cl)c1=O. The van der Waals surface area contributed by atoms with Crippen LogP contribution in [0.25, 0.3) is 0 Å². The van der Waals surface area contributed by atoms with Crippen molar-refractivity contribution in [2.24, 2.45) is 0 Å². The normalized spacial score (nSPS) is 10.4. The molecule has 0 unspecified atom stereocenters. The minimum absolute atomic E-state index is 0.0636. The minimum Gasteiger partial charge on any atom is -0.468 e. The third kappa shape index (κ3) is 3.87. The van der Waals surface area contributed by atoms with E-state index in [1.54, 1.807) is 0 Å². The number of aromatic nitrogens is 2. The Hall–Kier alpha value is -1.96. The summed E-state index contributed by atoms with van der Waals surface area (Å²) in [6.45, 7) is -0.376. The Balaban J connectivity index is 2.38. The number of nitrogens with two attached hydrogens (primary N) is 1. The monoisotopic (exact) mass is 377 g/mol. The number of anilines is 1. The van der Waals surface area contributed by atoms with Crippen LogP contribution in [0.3, 0.4) is 0 Å². The first-order chi connectivity index (χ1) is 10.8. The number of halogens is 3. The summed E-state index contributed by atoms with van der Waals surface area (Å²) in [5.74, 6) is -0.628. The first-order valence-electron chi connectivity index (χ1n) is 6.08. The summed E-state index contributed by atoms with van der Waals surface area (Å²) in [7, 11) is 1.19. The zero-order valence-electron chi connectivity index (χ0n) is 11.7. The van der Waals surface area contributed by atoms with Crippen LogP contribution >= 0.6 is 34.8 Å². The summed E-state index contributed by atoms with van der Waals surface area (Å²) < 4.78 is 10.7. The molecule has 0 aliphatic rings. The highest BCUT2D eigenvalue weighted by molar-refractivity contribution is 6.37. The predicted octanol–water partition coefficient (Wildman–Crippen LogP) is 2.75. The van der Waals surface area contributed by atoms with Gasteiger partial charge < -0.3 is 15.2 Å². The predicted molar refractivity (Wildman–Crippen MR) is 86.5 cm³/mol. The number of methoxy groups -OCH3 is 1. The van der Waals surface area contributed by atoms with Crippen molar-refractivity contribution in [3.63, 3.8) is 0 Å². The quantitative estimate of drug-likeness (QED) is 0.649. The molecular weight excluding hydrogens is 369 g/mol. The van der Waals surface area contributed by atoms with Crippen molar-refractivity contribution < 1.29 is 14.3 Å². The molecule has 0 amide bonds. The van der Waals surface area contributed by atoms with Crippen molar-refractivity contribution in [2.75, 3.05) is 12.8 Å². The first kappa shape index (κ1) is 17.4. The molecule has 7 nitrogen and oxygen atoms in total. The highest BCUT2D eigenvalue weighted by atomic mass is 35.5. The number of carbonyl (C=O) groups is 1. The molecule has 23 heavy (non-hydrogen) atoms. The molecule has 1 heterocycles. The Bertz CT molecular complexity index is 800. The van der Waals surface area contributed by atoms with Crippen LogP contribution in [-0.4, -0.2) is 22.9 Å². The number of esters is 1. The summed E-state index contributed by atoms with van der Waals surface area (Å²) in [5.41, 5.74) is 5.22.